The average molecular weight is 388 g/mol. The van der Waals surface area contributed by atoms with E-state index in [1.807, 2.05) is 0 Å². The van der Waals surface area contributed by atoms with Crippen molar-refractivity contribution in [2.75, 3.05) is 0 Å². The lowest BCUT2D eigenvalue weighted by atomic mass is 10.1. The van der Waals surface area contributed by atoms with Crippen LogP contribution in [0.1, 0.15) is 0 Å². The molecule has 0 saturated heterocycles. The summed E-state index contributed by atoms with van der Waals surface area (Å²) in [6.07, 6.45) is 0. The number of aromatic amines is 1. The Morgan fingerprint density at radius 1 is 0.519 bits per heavy atom. The van der Waals surface area contributed by atoms with Gasteiger partial charge in [0.2, 0.25) is 0 Å². The molecule has 2 bridgehead atoms. The molecule has 3 heteroatoms. The van der Waals surface area contributed by atoms with E-state index in [4.69, 9.17) is 0 Å². The molecule has 0 aliphatic rings. The predicted molar refractivity (Wildman–Crippen MR) is 128 cm³/mol. The fourth-order valence-corrected chi connectivity index (χ4v) is 7.27. The van der Waals surface area contributed by atoms with Crippen LogP contribution in [0.5, 0.6) is 0 Å². The second kappa shape index (κ2) is 6.21. The molecule has 2 aromatic heterocycles. The largest absolute Gasteiger partial charge is 0.355 e. The minimum absolute atomic E-state index is 1.21. The number of hydrogen-bond acceptors (Lipinski definition) is 0. The molecule has 0 amide bonds. The highest BCUT2D eigenvalue weighted by Crippen LogP contribution is 2.25. The Morgan fingerprint density at radius 2 is 0.889 bits per heavy atom. The summed E-state index contributed by atoms with van der Waals surface area (Å²) in [5, 5.41) is 8.66. The Bertz CT molecular complexity index is 1090. The van der Waals surface area contributed by atoms with Crippen molar-refractivity contribution in [3.05, 3.63) is 60.7 Å². The number of para-hydroxylation sites is 2. The van der Waals surface area contributed by atoms with Crippen molar-refractivity contribution in [3.8, 4) is 0 Å². The lowest BCUT2D eigenvalue weighted by Crippen LogP contribution is -2.43. The molecule has 0 fully saturated rings. The first-order valence-electron chi connectivity index (χ1n) is 9.81. The molecule has 0 unspecified atom stereocenters. The lowest BCUT2D eigenvalue weighted by Gasteiger charge is -2.25. The van der Waals surface area contributed by atoms with E-state index in [9.17, 15) is 0 Å². The topological polar surface area (TPSA) is 15.8 Å². The maximum Gasteiger partial charge on any atom is 0.0784 e. The maximum absolute atomic E-state index is 3.75. The van der Waals surface area contributed by atoms with Crippen LogP contribution in [0.3, 0.4) is 0 Å². The van der Waals surface area contributed by atoms with Crippen molar-refractivity contribution in [3.63, 3.8) is 0 Å². The van der Waals surface area contributed by atoms with E-state index in [-0.39, 0.29) is 0 Å². The van der Waals surface area contributed by atoms with Gasteiger partial charge in [-0.05, 0) is 22.9 Å². The van der Waals surface area contributed by atoms with Crippen molar-refractivity contribution in [1.82, 2.24) is 4.98 Å². The fraction of sp³-hybridized carbons (Fsp3) is 0.250. The van der Waals surface area contributed by atoms with E-state index < -0.39 is 16.1 Å². The summed E-state index contributed by atoms with van der Waals surface area (Å²) in [7, 11) is -3.04. The Morgan fingerprint density at radius 3 is 1.26 bits per heavy atom. The van der Waals surface area contributed by atoms with E-state index in [0.717, 1.165) is 0 Å². The molecular weight excluding hydrogens is 358 g/mol. The minimum Gasteiger partial charge on any atom is -0.355 e. The molecule has 5 rings (SSSR count). The van der Waals surface area contributed by atoms with Gasteiger partial charge < -0.3 is 4.98 Å². The van der Waals surface area contributed by atoms with Crippen molar-refractivity contribution in [2.24, 2.45) is 0 Å². The molecule has 1 N–H and O–H groups in total. The van der Waals surface area contributed by atoms with Crippen LogP contribution < -0.4 is 10.4 Å². The zero-order valence-electron chi connectivity index (χ0n) is 17.3. The van der Waals surface area contributed by atoms with Gasteiger partial charge in [0.05, 0.1) is 16.1 Å². The second-order valence-corrected chi connectivity index (χ2v) is 19.7. The first kappa shape index (κ1) is 18.3. The first-order valence-corrected chi connectivity index (χ1v) is 16.8. The van der Waals surface area contributed by atoms with Gasteiger partial charge in [-0.15, -0.1) is 0 Å². The first-order chi connectivity index (χ1) is 12.7. The average Bonchev–Trinajstić information content (AvgIpc) is 2.69. The molecule has 1 nitrogen and oxygen atoms in total. The van der Waals surface area contributed by atoms with Crippen molar-refractivity contribution < 1.29 is 0 Å². The van der Waals surface area contributed by atoms with Gasteiger partial charge in [-0.1, -0.05) is 98.2 Å². The Balaban J connectivity index is 2.44. The summed E-state index contributed by atoms with van der Waals surface area (Å²) in [4.78, 5) is 3.75. The third-order valence-corrected chi connectivity index (χ3v) is 9.54. The van der Waals surface area contributed by atoms with Crippen LogP contribution in [0.2, 0.25) is 39.3 Å². The van der Waals surface area contributed by atoms with Crippen LogP contribution in [0, 0.1) is 0 Å². The summed E-state index contributed by atoms with van der Waals surface area (Å²) in [5.74, 6) is 0. The lowest BCUT2D eigenvalue weighted by molar-refractivity contribution is 1.52. The highest BCUT2D eigenvalue weighted by atomic mass is 28.3. The molecule has 0 saturated carbocycles. The van der Waals surface area contributed by atoms with Gasteiger partial charge in [0.1, 0.15) is 0 Å². The number of fused-ring (bicyclic) bond motifs is 2. The normalized spacial score (nSPS) is 12.8. The molecule has 0 radical (unpaired) electrons. The van der Waals surface area contributed by atoms with E-state index in [2.05, 4.69) is 105 Å². The minimum atomic E-state index is -1.52. The van der Waals surface area contributed by atoms with Crippen molar-refractivity contribution in [2.45, 2.75) is 39.3 Å². The molecule has 3 aromatic carbocycles. The van der Waals surface area contributed by atoms with E-state index in [1.54, 1.807) is 10.4 Å². The van der Waals surface area contributed by atoms with Gasteiger partial charge >= 0.3 is 0 Å². The number of rotatable bonds is 2. The number of nitrogens with one attached hydrogen (secondary N) is 1. The van der Waals surface area contributed by atoms with E-state index in [0.29, 0.717) is 0 Å². The zero-order valence-corrected chi connectivity index (χ0v) is 19.3. The van der Waals surface area contributed by atoms with Gasteiger partial charge in [0.25, 0.3) is 0 Å². The number of hydrogen-bond donors (Lipinski definition) is 1. The van der Waals surface area contributed by atoms with Crippen molar-refractivity contribution in [1.29, 1.82) is 0 Å². The van der Waals surface area contributed by atoms with Gasteiger partial charge in [-0.3, -0.25) is 0 Å². The molecule has 0 atom stereocenters. The molecule has 138 valence electrons. The summed E-state index contributed by atoms with van der Waals surface area (Å²) in [6.45, 7) is 14.8. The van der Waals surface area contributed by atoms with Gasteiger partial charge in [-0.25, -0.2) is 0 Å². The summed E-state index contributed by atoms with van der Waals surface area (Å²) in [5.41, 5.74) is 2.41. The number of benzene rings is 3. The number of aromatic nitrogens is 1. The summed E-state index contributed by atoms with van der Waals surface area (Å²) >= 11 is 0. The molecule has 0 aliphatic heterocycles. The highest BCUT2D eigenvalue weighted by Gasteiger charge is 2.25. The molecule has 0 spiro atoms. The molecule has 2 heterocycles. The maximum atomic E-state index is 3.75. The third-order valence-electron chi connectivity index (χ3n) is 5.48. The quantitative estimate of drug-likeness (QED) is 0.398. The van der Waals surface area contributed by atoms with E-state index >= 15 is 0 Å². The smallest absolute Gasteiger partial charge is 0.0784 e. The van der Waals surface area contributed by atoms with Crippen LogP contribution in [-0.4, -0.2) is 21.1 Å². The second-order valence-electron chi connectivity index (χ2n) is 9.66. The Hall–Kier alpha value is -2.11. The van der Waals surface area contributed by atoms with Crippen molar-refractivity contribution >= 4 is 59.1 Å². The zero-order chi connectivity index (χ0) is 19.4. The summed E-state index contributed by atoms with van der Waals surface area (Å²) in [6, 6.07) is 22.7. The molecule has 0 aliphatic carbocycles. The molecule has 27 heavy (non-hydrogen) atoms. The van der Waals surface area contributed by atoms with Gasteiger partial charge in [0.15, 0.2) is 0 Å². The monoisotopic (exact) mass is 387 g/mol. The van der Waals surface area contributed by atoms with Gasteiger partial charge in [-0.2, -0.15) is 0 Å². The van der Waals surface area contributed by atoms with Crippen LogP contribution in [-0.2, 0) is 0 Å². The highest BCUT2D eigenvalue weighted by molar-refractivity contribution is 6.93. The predicted octanol–water partition coefficient (Wildman–Crippen LogP) is 6.13. The third kappa shape index (κ3) is 3.19. The Labute approximate surface area is 164 Å². The standard InChI is InChI=1S/C24H29NSi2/c1-26(2,3)23-15-20-18-12-8-10-14-22(18)25-21-13-9-7-11-17(21)19(23)16-24(20)27(4,5)6/h7-16,25H,1-6H3. The summed E-state index contributed by atoms with van der Waals surface area (Å²) < 4.78 is 0. The molecular formula is C24H29NSi2. The van der Waals surface area contributed by atoms with E-state index in [1.165, 1.54) is 32.6 Å². The fourth-order valence-electron chi connectivity index (χ4n) is 4.09. The SMILES string of the molecule is C[Si](C)(C)c1cc2c([Si](C)(C)C)cc1c1ccccc1[nH]c1ccccc12. The van der Waals surface area contributed by atoms with Crippen LogP contribution in [0.25, 0.3) is 32.6 Å². The van der Waals surface area contributed by atoms with Crippen LogP contribution >= 0.6 is 0 Å². The molecule has 5 aromatic rings. The van der Waals surface area contributed by atoms with Crippen LogP contribution in [0.4, 0.5) is 0 Å². The number of H-pyrrole nitrogens is 1. The Kier molecular flexibility index (Phi) is 4.20. The van der Waals surface area contributed by atoms with Crippen LogP contribution in [0.15, 0.2) is 60.7 Å². The van der Waals surface area contributed by atoms with Gasteiger partial charge in [0, 0.05) is 21.8 Å².